The van der Waals surface area contributed by atoms with Crippen molar-refractivity contribution in [3.63, 3.8) is 0 Å². The van der Waals surface area contributed by atoms with E-state index >= 15 is 0 Å². The van der Waals surface area contributed by atoms with Crippen molar-refractivity contribution in [2.45, 2.75) is 45.6 Å². The van der Waals surface area contributed by atoms with Gasteiger partial charge in [-0.3, -0.25) is 4.79 Å². The van der Waals surface area contributed by atoms with E-state index in [1.54, 1.807) is 22.7 Å². The minimum absolute atomic E-state index is 0.150. The number of carbonyl (C=O) groups excluding carboxylic acids is 1. The lowest BCUT2D eigenvalue weighted by Crippen LogP contribution is -2.34. The first-order valence-corrected chi connectivity index (χ1v) is 12.0. The fraction of sp³-hybridized carbons (Fsp3) is 0.286. The van der Waals surface area contributed by atoms with E-state index < -0.39 is 11.2 Å². The number of hydrogen-bond donors (Lipinski definition) is 1. The van der Waals surface area contributed by atoms with Gasteiger partial charge in [0.1, 0.15) is 11.6 Å². The van der Waals surface area contributed by atoms with Crippen molar-refractivity contribution in [2.75, 3.05) is 6.61 Å². The van der Waals surface area contributed by atoms with Gasteiger partial charge in [0.2, 0.25) is 0 Å². The summed E-state index contributed by atoms with van der Waals surface area (Å²) in [4.78, 5) is 13.6. The minimum atomic E-state index is -0.422. The first kappa shape index (κ1) is 23.4. The monoisotopic (exact) mass is 491 g/mol. The number of amides is 1. The average Bonchev–Trinajstić information content (AvgIpc) is 3.13. The summed E-state index contributed by atoms with van der Waals surface area (Å²) in [6.45, 7) is 8.48. The van der Waals surface area contributed by atoms with Crippen molar-refractivity contribution in [1.82, 2.24) is 14.9 Å². The zero-order valence-electron chi connectivity index (χ0n) is 20.2. The molecule has 180 valence electrons. The van der Waals surface area contributed by atoms with Gasteiger partial charge in [0, 0.05) is 28.5 Å². The second-order valence-corrected chi connectivity index (χ2v) is 10.3. The van der Waals surface area contributed by atoms with Crippen molar-refractivity contribution in [2.24, 2.45) is 0 Å². The molecule has 1 aliphatic heterocycles. The standard InChI is InChI=1S/C28H27ClFN3O2/c1-16-24(25-19(29)9-7-10-20(25)30)22-13-12-18(26(28(2,3)4)33(22)32-16)27(34)31-21-14-15-35-23-11-6-5-8-17(21)23/h5-13,21H,14-15H2,1-4H3,(H,31,34)/t21-/m0/s1. The van der Waals surface area contributed by atoms with Gasteiger partial charge in [-0.15, -0.1) is 0 Å². The second kappa shape index (κ2) is 8.68. The smallest absolute Gasteiger partial charge is 0.253 e. The molecule has 0 fully saturated rings. The van der Waals surface area contributed by atoms with Gasteiger partial charge >= 0.3 is 0 Å². The van der Waals surface area contributed by atoms with E-state index in [1.807, 2.05) is 58.0 Å². The van der Waals surface area contributed by atoms with Crippen LogP contribution >= 0.6 is 11.6 Å². The Bertz CT molecular complexity index is 1430. The SMILES string of the molecule is Cc1nn2c(C(C)(C)C)c(C(=O)N[C@H]3CCOc4ccccc43)ccc2c1-c1c(F)cccc1Cl. The molecule has 0 saturated heterocycles. The summed E-state index contributed by atoms with van der Waals surface area (Å²) in [5.41, 5.74) is 4.11. The molecule has 35 heavy (non-hydrogen) atoms. The summed E-state index contributed by atoms with van der Waals surface area (Å²) in [6, 6.07) is 15.9. The van der Waals surface area contributed by atoms with Crippen molar-refractivity contribution < 1.29 is 13.9 Å². The van der Waals surface area contributed by atoms with Crippen molar-refractivity contribution >= 4 is 23.0 Å². The second-order valence-electron chi connectivity index (χ2n) is 9.90. The molecule has 5 nitrogen and oxygen atoms in total. The van der Waals surface area contributed by atoms with Crippen LogP contribution in [0.2, 0.25) is 5.02 Å². The maximum Gasteiger partial charge on any atom is 0.253 e. The third-order valence-electron chi connectivity index (χ3n) is 6.40. The molecule has 0 spiro atoms. The Labute approximate surface area is 208 Å². The molecule has 5 rings (SSSR count). The minimum Gasteiger partial charge on any atom is -0.493 e. The highest BCUT2D eigenvalue weighted by Crippen LogP contribution is 2.38. The Morgan fingerprint density at radius 2 is 1.89 bits per heavy atom. The molecule has 7 heteroatoms. The van der Waals surface area contributed by atoms with Crippen LogP contribution in [0.25, 0.3) is 16.6 Å². The summed E-state index contributed by atoms with van der Waals surface area (Å²) in [5.74, 6) is 0.203. The molecule has 1 N–H and O–H groups in total. The maximum atomic E-state index is 14.8. The summed E-state index contributed by atoms with van der Waals surface area (Å²) >= 11 is 6.40. The van der Waals surface area contributed by atoms with E-state index in [1.165, 1.54) is 6.07 Å². The predicted octanol–water partition coefficient (Wildman–Crippen LogP) is 6.65. The number of aromatic nitrogens is 2. The van der Waals surface area contributed by atoms with Gasteiger partial charge in [0.15, 0.2) is 0 Å². The van der Waals surface area contributed by atoms with Crippen molar-refractivity contribution in [3.05, 3.63) is 88.0 Å². The van der Waals surface area contributed by atoms with E-state index in [0.29, 0.717) is 46.0 Å². The van der Waals surface area contributed by atoms with E-state index in [0.717, 1.165) is 17.0 Å². The zero-order valence-corrected chi connectivity index (χ0v) is 20.9. The topological polar surface area (TPSA) is 55.6 Å². The Kier molecular flexibility index (Phi) is 5.80. The molecule has 0 saturated carbocycles. The lowest BCUT2D eigenvalue weighted by atomic mass is 9.87. The van der Waals surface area contributed by atoms with Crippen LogP contribution in [0.15, 0.2) is 54.6 Å². The number of fused-ring (bicyclic) bond motifs is 2. The Morgan fingerprint density at radius 1 is 1.11 bits per heavy atom. The van der Waals surface area contributed by atoms with Crippen LogP contribution in [0.5, 0.6) is 5.75 Å². The van der Waals surface area contributed by atoms with E-state index in [2.05, 4.69) is 5.32 Å². The van der Waals surface area contributed by atoms with E-state index in [9.17, 15) is 9.18 Å². The molecule has 0 radical (unpaired) electrons. The van der Waals surface area contributed by atoms with Crippen molar-refractivity contribution in [1.29, 1.82) is 0 Å². The number of carbonyl (C=O) groups is 1. The number of hydrogen-bond acceptors (Lipinski definition) is 3. The molecule has 4 aromatic rings. The predicted molar refractivity (Wildman–Crippen MR) is 136 cm³/mol. The fourth-order valence-electron chi connectivity index (χ4n) is 4.90. The normalized spacial score (nSPS) is 15.5. The van der Waals surface area contributed by atoms with Gasteiger partial charge in [0.05, 0.1) is 40.1 Å². The Hall–Kier alpha value is -3.38. The molecule has 3 heterocycles. The molecule has 0 unspecified atom stereocenters. The third-order valence-corrected chi connectivity index (χ3v) is 6.72. The van der Waals surface area contributed by atoms with Gasteiger partial charge in [-0.25, -0.2) is 8.91 Å². The van der Waals surface area contributed by atoms with Crippen LogP contribution in [-0.2, 0) is 5.41 Å². The maximum absolute atomic E-state index is 14.8. The average molecular weight is 492 g/mol. The van der Waals surface area contributed by atoms with Crippen LogP contribution in [0.1, 0.15) is 60.5 Å². The number of aryl methyl sites for hydroxylation is 1. The van der Waals surface area contributed by atoms with Gasteiger partial charge in [-0.1, -0.05) is 56.6 Å². The van der Waals surface area contributed by atoms with Crippen LogP contribution < -0.4 is 10.1 Å². The highest BCUT2D eigenvalue weighted by Gasteiger charge is 2.30. The van der Waals surface area contributed by atoms with Gasteiger partial charge in [-0.2, -0.15) is 5.10 Å². The number of nitrogens with zero attached hydrogens (tertiary/aromatic N) is 2. The number of pyridine rings is 1. The number of rotatable bonds is 3. The van der Waals surface area contributed by atoms with Crippen molar-refractivity contribution in [3.8, 4) is 16.9 Å². The fourth-order valence-corrected chi connectivity index (χ4v) is 5.16. The van der Waals surface area contributed by atoms with Crippen LogP contribution in [0.3, 0.4) is 0 Å². The summed E-state index contributed by atoms with van der Waals surface area (Å²) in [5, 5.41) is 8.27. The molecule has 1 amide bonds. The van der Waals surface area contributed by atoms with Gasteiger partial charge in [0.25, 0.3) is 5.91 Å². The van der Waals surface area contributed by atoms with Crippen LogP contribution in [-0.4, -0.2) is 22.1 Å². The lowest BCUT2D eigenvalue weighted by Gasteiger charge is -2.28. The first-order valence-electron chi connectivity index (χ1n) is 11.7. The summed E-state index contributed by atoms with van der Waals surface area (Å²) in [7, 11) is 0. The number of halogens is 2. The largest absolute Gasteiger partial charge is 0.493 e. The Balaban J connectivity index is 1.63. The van der Waals surface area contributed by atoms with Crippen LogP contribution in [0, 0.1) is 12.7 Å². The molecular formula is C28H27ClFN3O2. The van der Waals surface area contributed by atoms with Gasteiger partial charge in [-0.05, 0) is 37.3 Å². The highest BCUT2D eigenvalue weighted by molar-refractivity contribution is 6.33. The number of ether oxygens (including phenoxy) is 1. The highest BCUT2D eigenvalue weighted by atomic mass is 35.5. The number of benzene rings is 2. The molecule has 2 aromatic heterocycles. The molecule has 2 aromatic carbocycles. The Morgan fingerprint density at radius 3 is 2.63 bits per heavy atom. The molecular weight excluding hydrogens is 465 g/mol. The number of para-hydroxylation sites is 1. The number of nitrogens with one attached hydrogen (secondary N) is 1. The molecule has 0 bridgehead atoms. The van der Waals surface area contributed by atoms with Crippen LogP contribution in [0.4, 0.5) is 4.39 Å². The van der Waals surface area contributed by atoms with E-state index in [4.69, 9.17) is 21.4 Å². The molecule has 1 aliphatic rings. The quantitative estimate of drug-likeness (QED) is 0.349. The summed E-state index contributed by atoms with van der Waals surface area (Å²) in [6.07, 6.45) is 0.687. The molecule has 1 atom stereocenters. The van der Waals surface area contributed by atoms with Gasteiger partial charge < -0.3 is 10.1 Å². The van der Waals surface area contributed by atoms with E-state index in [-0.39, 0.29) is 11.9 Å². The first-order chi connectivity index (χ1) is 16.7. The zero-order chi connectivity index (χ0) is 24.9. The molecule has 0 aliphatic carbocycles. The third kappa shape index (κ3) is 4.06. The lowest BCUT2D eigenvalue weighted by molar-refractivity contribution is 0.0921. The summed E-state index contributed by atoms with van der Waals surface area (Å²) < 4.78 is 22.4.